The molecule has 0 fully saturated rings. The maximum absolute atomic E-state index is 5.80. The second kappa shape index (κ2) is 5.02. The summed E-state index contributed by atoms with van der Waals surface area (Å²) in [5.74, 6) is 0.977. The summed E-state index contributed by atoms with van der Waals surface area (Å²) in [5.41, 5.74) is 8.15. The Balaban J connectivity index is 2.35. The van der Waals surface area contributed by atoms with Gasteiger partial charge in [0.25, 0.3) is 0 Å². The highest BCUT2D eigenvalue weighted by Gasteiger charge is 2.06. The summed E-state index contributed by atoms with van der Waals surface area (Å²) in [6, 6.07) is 6.51. The van der Waals surface area contributed by atoms with Crippen LogP contribution in [0.25, 0.3) is 5.69 Å². The van der Waals surface area contributed by atoms with Crippen molar-refractivity contribution in [1.29, 1.82) is 0 Å². The zero-order valence-electron chi connectivity index (χ0n) is 10.0. The third-order valence-corrected chi connectivity index (χ3v) is 3.29. The van der Waals surface area contributed by atoms with E-state index in [-0.39, 0.29) is 6.04 Å². The molecule has 1 unspecified atom stereocenters. The van der Waals surface area contributed by atoms with E-state index in [4.69, 9.17) is 5.73 Å². The third-order valence-electron chi connectivity index (χ3n) is 2.66. The van der Waals surface area contributed by atoms with Crippen LogP contribution < -0.4 is 5.73 Å². The van der Waals surface area contributed by atoms with Crippen molar-refractivity contribution in [1.82, 2.24) is 9.55 Å². The average Bonchev–Trinajstić information content (AvgIpc) is 2.64. The molecule has 90 valence electrons. The Hall–Kier alpha value is -1.13. The minimum absolute atomic E-state index is 0.183. The fourth-order valence-electron chi connectivity index (χ4n) is 1.88. The molecule has 1 atom stereocenters. The van der Waals surface area contributed by atoms with Gasteiger partial charge in [0, 0.05) is 22.9 Å². The van der Waals surface area contributed by atoms with Gasteiger partial charge in [-0.05, 0) is 53.9 Å². The predicted molar refractivity (Wildman–Crippen MR) is 73.4 cm³/mol. The summed E-state index contributed by atoms with van der Waals surface area (Å²) in [7, 11) is 0. The van der Waals surface area contributed by atoms with Crippen LogP contribution in [-0.4, -0.2) is 15.6 Å². The Bertz CT molecular complexity index is 517. The van der Waals surface area contributed by atoms with E-state index in [1.807, 2.05) is 20.0 Å². The third kappa shape index (κ3) is 2.76. The van der Waals surface area contributed by atoms with E-state index in [2.05, 4.69) is 43.7 Å². The molecule has 3 nitrogen and oxygen atoms in total. The summed E-state index contributed by atoms with van der Waals surface area (Å²) in [5, 5.41) is 0. The molecule has 1 heterocycles. The molecule has 0 aliphatic rings. The molecule has 0 aliphatic heterocycles. The van der Waals surface area contributed by atoms with Gasteiger partial charge in [-0.1, -0.05) is 6.07 Å². The Morgan fingerprint density at radius 1 is 1.47 bits per heavy atom. The van der Waals surface area contributed by atoms with Crippen molar-refractivity contribution in [3.05, 3.63) is 46.5 Å². The summed E-state index contributed by atoms with van der Waals surface area (Å²) in [6.07, 6.45) is 4.65. The van der Waals surface area contributed by atoms with Crippen LogP contribution in [0.1, 0.15) is 18.3 Å². The first-order chi connectivity index (χ1) is 8.08. The predicted octanol–water partition coefficient (Wildman–Crippen LogP) is 2.83. The van der Waals surface area contributed by atoms with Gasteiger partial charge in [0.15, 0.2) is 0 Å². The molecule has 0 saturated carbocycles. The van der Waals surface area contributed by atoms with Gasteiger partial charge in [-0.2, -0.15) is 0 Å². The van der Waals surface area contributed by atoms with E-state index in [9.17, 15) is 0 Å². The Kier molecular flexibility index (Phi) is 3.64. The highest BCUT2D eigenvalue weighted by molar-refractivity contribution is 9.10. The number of hydrogen-bond acceptors (Lipinski definition) is 2. The van der Waals surface area contributed by atoms with Crippen molar-refractivity contribution in [2.45, 2.75) is 26.3 Å². The van der Waals surface area contributed by atoms with Gasteiger partial charge < -0.3 is 10.3 Å². The molecule has 0 radical (unpaired) electrons. The van der Waals surface area contributed by atoms with E-state index in [1.54, 1.807) is 6.20 Å². The normalized spacial score (nSPS) is 12.7. The van der Waals surface area contributed by atoms with E-state index in [0.29, 0.717) is 0 Å². The lowest BCUT2D eigenvalue weighted by Gasteiger charge is -2.11. The van der Waals surface area contributed by atoms with Crippen LogP contribution in [0.5, 0.6) is 0 Å². The van der Waals surface area contributed by atoms with Crippen LogP contribution in [0.2, 0.25) is 0 Å². The number of aryl methyl sites for hydroxylation is 1. The molecule has 2 rings (SSSR count). The molecule has 2 N–H and O–H groups in total. The number of benzene rings is 1. The molecule has 4 heteroatoms. The van der Waals surface area contributed by atoms with E-state index < -0.39 is 0 Å². The van der Waals surface area contributed by atoms with Crippen molar-refractivity contribution in [2.75, 3.05) is 0 Å². The topological polar surface area (TPSA) is 43.8 Å². The average molecular weight is 294 g/mol. The Morgan fingerprint density at radius 2 is 2.24 bits per heavy atom. The minimum Gasteiger partial charge on any atom is -0.328 e. The lowest BCUT2D eigenvalue weighted by Crippen LogP contribution is -2.17. The molecule has 17 heavy (non-hydrogen) atoms. The smallest absolute Gasteiger partial charge is 0.110 e. The molecule has 0 aliphatic carbocycles. The number of nitrogens with two attached hydrogens (primary N) is 1. The van der Waals surface area contributed by atoms with E-state index in [1.165, 1.54) is 5.56 Å². The first-order valence-corrected chi connectivity index (χ1v) is 6.41. The van der Waals surface area contributed by atoms with Crippen LogP contribution in [0.3, 0.4) is 0 Å². The van der Waals surface area contributed by atoms with Crippen LogP contribution in [0.15, 0.2) is 35.1 Å². The summed E-state index contributed by atoms with van der Waals surface area (Å²) in [6.45, 7) is 4.00. The van der Waals surface area contributed by atoms with Crippen LogP contribution in [0.4, 0.5) is 0 Å². The van der Waals surface area contributed by atoms with Crippen LogP contribution >= 0.6 is 15.9 Å². The lowest BCUT2D eigenvalue weighted by atomic mass is 10.1. The first kappa shape index (κ1) is 12.3. The second-order valence-corrected chi connectivity index (χ2v) is 5.17. The van der Waals surface area contributed by atoms with Crippen molar-refractivity contribution >= 4 is 15.9 Å². The van der Waals surface area contributed by atoms with Crippen molar-refractivity contribution in [3.8, 4) is 5.69 Å². The molecule has 1 aromatic carbocycles. The lowest BCUT2D eigenvalue weighted by molar-refractivity contribution is 0.737. The number of nitrogens with zero attached hydrogens (tertiary/aromatic N) is 2. The number of hydrogen-bond donors (Lipinski definition) is 1. The summed E-state index contributed by atoms with van der Waals surface area (Å²) < 4.78 is 3.12. The molecular weight excluding hydrogens is 278 g/mol. The van der Waals surface area contributed by atoms with Crippen LogP contribution in [-0.2, 0) is 6.42 Å². The van der Waals surface area contributed by atoms with Gasteiger partial charge >= 0.3 is 0 Å². The highest BCUT2D eigenvalue weighted by atomic mass is 79.9. The molecule has 0 bridgehead atoms. The zero-order valence-corrected chi connectivity index (χ0v) is 11.6. The van der Waals surface area contributed by atoms with Gasteiger partial charge in [-0.25, -0.2) is 4.98 Å². The maximum Gasteiger partial charge on any atom is 0.110 e. The maximum atomic E-state index is 5.80. The molecule has 2 aromatic rings. The Labute approximate surface area is 110 Å². The molecule has 1 aromatic heterocycles. The zero-order chi connectivity index (χ0) is 12.4. The Morgan fingerprint density at radius 3 is 2.76 bits per heavy atom. The van der Waals surface area contributed by atoms with Crippen molar-refractivity contribution < 1.29 is 0 Å². The number of rotatable bonds is 3. The fourth-order valence-corrected chi connectivity index (χ4v) is 2.49. The molecule has 0 spiro atoms. The largest absolute Gasteiger partial charge is 0.328 e. The van der Waals surface area contributed by atoms with Gasteiger partial charge in [0.2, 0.25) is 0 Å². The summed E-state index contributed by atoms with van der Waals surface area (Å²) in [4.78, 5) is 4.23. The van der Waals surface area contributed by atoms with Crippen LogP contribution in [0, 0.1) is 6.92 Å². The highest BCUT2D eigenvalue weighted by Crippen LogP contribution is 2.23. The second-order valence-electron chi connectivity index (χ2n) is 4.31. The van der Waals surface area contributed by atoms with Crippen molar-refractivity contribution in [3.63, 3.8) is 0 Å². The van der Waals surface area contributed by atoms with E-state index in [0.717, 1.165) is 22.4 Å². The monoisotopic (exact) mass is 293 g/mol. The minimum atomic E-state index is 0.183. The SMILES string of the molecule is Cc1nccn1-c1ccc(CC(C)N)cc1Br. The number of imidazole rings is 1. The van der Waals surface area contributed by atoms with Gasteiger partial charge in [0.05, 0.1) is 5.69 Å². The standard InChI is InChI=1S/C13H16BrN3/c1-9(15)7-11-3-4-13(12(14)8-11)17-6-5-16-10(17)2/h3-6,8-9H,7,15H2,1-2H3. The quantitative estimate of drug-likeness (QED) is 0.946. The number of aromatic nitrogens is 2. The van der Waals surface area contributed by atoms with Gasteiger partial charge in [-0.15, -0.1) is 0 Å². The van der Waals surface area contributed by atoms with E-state index >= 15 is 0 Å². The first-order valence-electron chi connectivity index (χ1n) is 5.62. The molecular formula is C13H16BrN3. The van der Waals surface area contributed by atoms with Gasteiger partial charge in [-0.3, -0.25) is 0 Å². The fraction of sp³-hybridized carbons (Fsp3) is 0.308. The molecule has 0 amide bonds. The van der Waals surface area contributed by atoms with Gasteiger partial charge in [0.1, 0.15) is 5.82 Å². The van der Waals surface area contributed by atoms with Crippen molar-refractivity contribution in [2.24, 2.45) is 5.73 Å². The number of halogens is 1. The summed E-state index contributed by atoms with van der Waals surface area (Å²) >= 11 is 3.60. The molecule has 0 saturated heterocycles.